The molecule has 0 heterocycles. The molecule has 12 heteroatoms. The van der Waals surface area contributed by atoms with Crippen LogP contribution in [0.2, 0.25) is 0 Å². The van der Waals surface area contributed by atoms with Gasteiger partial charge in [-0.3, -0.25) is 24.1 Å². The quantitative estimate of drug-likeness (QED) is 0.261. The van der Waals surface area contributed by atoms with Crippen LogP contribution >= 0.6 is 0 Å². The maximum absolute atomic E-state index is 11.2. The standard InChI is InChI=1S/C10H18N2O4.2C3H7NO2/c1-7(13)12(8(2)14)9(10(15)16)5-3-4-6-11;2*1-2(4)3(5)6/h9H,3-6,11H2,1-2H3,(H,15,16);2*2H,4H2,1H3,(H,5,6)/t9-;2*2-/m011/s1. The van der Waals surface area contributed by atoms with E-state index in [0.29, 0.717) is 19.4 Å². The number of aliphatic carboxylic acids is 3. The summed E-state index contributed by atoms with van der Waals surface area (Å²) in [5.41, 5.74) is 15.0. The van der Waals surface area contributed by atoms with E-state index >= 15 is 0 Å². The largest absolute Gasteiger partial charge is 0.480 e. The average Bonchev–Trinajstić information content (AvgIpc) is 2.54. The molecule has 12 nitrogen and oxygen atoms in total. The highest BCUT2D eigenvalue weighted by molar-refractivity contribution is 5.97. The van der Waals surface area contributed by atoms with Gasteiger partial charge in [-0.25, -0.2) is 4.79 Å². The van der Waals surface area contributed by atoms with Crippen LogP contribution in [0.5, 0.6) is 0 Å². The Morgan fingerprint density at radius 2 is 1.11 bits per heavy atom. The van der Waals surface area contributed by atoms with Gasteiger partial charge in [-0.2, -0.15) is 0 Å². The molecule has 0 fully saturated rings. The van der Waals surface area contributed by atoms with Crippen LogP contribution in [0.25, 0.3) is 0 Å². The fraction of sp³-hybridized carbons (Fsp3) is 0.688. The topological polar surface area (TPSA) is 227 Å². The number of carboxylic acid groups (broad SMARTS) is 3. The van der Waals surface area contributed by atoms with E-state index in [-0.39, 0.29) is 6.42 Å². The molecule has 0 spiro atoms. The van der Waals surface area contributed by atoms with Crippen molar-refractivity contribution in [3.63, 3.8) is 0 Å². The Morgan fingerprint density at radius 1 is 0.786 bits per heavy atom. The van der Waals surface area contributed by atoms with Gasteiger partial charge in [0, 0.05) is 13.8 Å². The lowest BCUT2D eigenvalue weighted by molar-refractivity contribution is -0.156. The van der Waals surface area contributed by atoms with Crippen molar-refractivity contribution in [3.8, 4) is 0 Å². The van der Waals surface area contributed by atoms with E-state index in [2.05, 4.69) is 0 Å². The first-order valence-electron chi connectivity index (χ1n) is 8.40. The highest BCUT2D eigenvalue weighted by Gasteiger charge is 2.30. The van der Waals surface area contributed by atoms with E-state index in [0.717, 1.165) is 4.90 Å². The molecule has 0 aliphatic carbocycles. The number of carboxylic acids is 3. The second-order valence-corrected chi connectivity index (χ2v) is 5.80. The van der Waals surface area contributed by atoms with Crippen molar-refractivity contribution >= 4 is 29.7 Å². The Morgan fingerprint density at radius 3 is 1.29 bits per heavy atom. The molecule has 0 aromatic rings. The Labute approximate surface area is 163 Å². The first-order chi connectivity index (χ1) is 12.7. The van der Waals surface area contributed by atoms with E-state index in [1.54, 1.807) is 0 Å². The van der Waals surface area contributed by atoms with Gasteiger partial charge in [0.25, 0.3) is 0 Å². The maximum Gasteiger partial charge on any atom is 0.326 e. The summed E-state index contributed by atoms with van der Waals surface area (Å²) in [4.78, 5) is 53.3. The summed E-state index contributed by atoms with van der Waals surface area (Å²) in [6, 6.07) is -2.54. The van der Waals surface area contributed by atoms with Gasteiger partial charge in [-0.05, 0) is 39.7 Å². The molecule has 2 amide bonds. The van der Waals surface area contributed by atoms with Crippen LogP contribution in [0.1, 0.15) is 47.0 Å². The van der Waals surface area contributed by atoms with Crippen molar-refractivity contribution in [2.24, 2.45) is 17.2 Å². The van der Waals surface area contributed by atoms with Crippen LogP contribution < -0.4 is 17.2 Å². The Kier molecular flexibility index (Phi) is 17.9. The van der Waals surface area contributed by atoms with Crippen molar-refractivity contribution in [1.29, 1.82) is 0 Å². The van der Waals surface area contributed by atoms with Gasteiger partial charge in [0.1, 0.15) is 18.1 Å². The molecule has 164 valence electrons. The van der Waals surface area contributed by atoms with Gasteiger partial charge < -0.3 is 32.5 Å². The van der Waals surface area contributed by atoms with Crippen molar-refractivity contribution in [2.75, 3.05) is 6.54 Å². The molecule has 0 aliphatic heterocycles. The van der Waals surface area contributed by atoms with Crippen LogP contribution in [-0.2, 0) is 24.0 Å². The number of nitrogens with zero attached hydrogens (tertiary/aromatic N) is 1. The van der Waals surface area contributed by atoms with E-state index in [1.807, 2.05) is 0 Å². The molecule has 0 bridgehead atoms. The van der Waals surface area contributed by atoms with E-state index in [4.69, 9.17) is 32.5 Å². The van der Waals surface area contributed by atoms with E-state index in [9.17, 15) is 24.0 Å². The second kappa shape index (κ2) is 16.6. The Balaban J connectivity index is -0.000000426. The summed E-state index contributed by atoms with van der Waals surface area (Å²) in [6.07, 6.45) is 1.49. The number of rotatable bonds is 8. The highest BCUT2D eigenvalue weighted by Crippen LogP contribution is 2.10. The van der Waals surface area contributed by atoms with Crippen LogP contribution in [-0.4, -0.2) is 74.6 Å². The molecule has 9 N–H and O–H groups in total. The summed E-state index contributed by atoms with van der Waals surface area (Å²) >= 11 is 0. The minimum absolute atomic E-state index is 0.242. The minimum Gasteiger partial charge on any atom is -0.480 e. The summed E-state index contributed by atoms with van der Waals surface area (Å²) in [7, 11) is 0. The molecule has 0 saturated heterocycles. The van der Waals surface area contributed by atoms with Gasteiger partial charge in [0.05, 0.1) is 0 Å². The zero-order valence-electron chi connectivity index (χ0n) is 16.6. The number of unbranched alkanes of at least 4 members (excludes halogenated alkanes) is 1. The van der Waals surface area contributed by atoms with Gasteiger partial charge in [-0.15, -0.1) is 0 Å². The second-order valence-electron chi connectivity index (χ2n) is 5.80. The number of nitrogens with two attached hydrogens (primary N) is 3. The Hall–Kier alpha value is -2.57. The van der Waals surface area contributed by atoms with Crippen molar-refractivity contribution < 1.29 is 39.3 Å². The van der Waals surface area contributed by atoms with Gasteiger partial charge in [-0.1, -0.05) is 0 Å². The van der Waals surface area contributed by atoms with Gasteiger partial charge in [0.15, 0.2) is 0 Å². The fourth-order valence-electron chi connectivity index (χ4n) is 1.51. The Bertz CT molecular complexity index is 491. The van der Waals surface area contributed by atoms with Crippen LogP contribution in [0, 0.1) is 0 Å². The lowest BCUT2D eigenvalue weighted by Gasteiger charge is -2.24. The van der Waals surface area contributed by atoms with Crippen molar-refractivity contribution in [2.45, 2.75) is 65.1 Å². The summed E-state index contributed by atoms with van der Waals surface area (Å²) < 4.78 is 0. The third-order valence-corrected chi connectivity index (χ3v) is 2.99. The molecule has 0 rings (SSSR count). The number of amides is 2. The molecule has 0 radical (unpaired) electrons. The lowest BCUT2D eigenvalue weighted by Crippen LogP contribution is -2.46. The zero-order valence-corrected chi connectivity index (χ0v) is 16.6. The molecule has 0 aliphatic rings. The summed E-state index contributed by atoms with van der Waals surface area (Å²) in [5, 5.41) is 24.7. The third-order valence-electron chi connectivity index (χ3n) is 2.99. The third kappa shape index (κ3) is 16.9. The minimum atomic E-state index is -1.16. The van der Waals surface area contributed by atoms with Crippen molar-refractivity contribution in [1.82, 2.24) is 4.90 Å². The molecule has 3 atom stereocenters. The van der Waals surface area contributed by atoms with Crippen LogP contribution in [0.15, 0.2) is 0 Å². The molecular formula is C16H32N4O8. The van der Waals surface area contributed by atoms with Crippen LogP contribution in [0.3, 0.4) is 0 Å². The predicted octanol–water partition coefficient (Wildman–Crippen LogP) is -1.20. The SMILES string of the molecule is CC(=O)N(C(C)=O)[C@@H](CCCCN)C(=O)O.C[C@@H](N)C(=O)O.C[C@@H](N)C(=O)O. The fourth-order valence-corrected chi connectivity index (χ4v) is 1.51. The normalized spacial score (nSPS) is 12.7. The molecule has 28 heavy (non-hydrogen) atoms. The first-order valence-corrected chi connectivity index (χ1v) is 8.40. The molecule has 0 aromatic heterocycles. The number of carbonyl (C=O) groups is 5. The lowest BCUT2D eigenvalue weighted by atomic mass is 10.1. The number of hydrogen-bond acceptors (Lipinski definition) is 8. The first kappa shape index (κ1) is 30.2. The van der Waals surface area contributed by atoms with Gasteiger partial charge >= 0.3 is 17.9 Å². The van der Waals surface area contributed by atoms with E-state index in [1.165, 1.54) is 27.7 Å². The van der Waals surface area contributed by atoms with Crippen LogP contribution in [0.4, 0.5) is 0 Å². The van der Waals surface area contributed by atoms with E-state index < -0.39 is 47.8 Å². The molecule has 0 aromatic carbocycles. The number of imide groups is 1. The zero-order chi connectivity index (χ0) is 23.0. The monoisotopic (exact) mass is 408 g/mol. The molecule has 0 unspecified atom stereocenters. The summed E-state index contributed by atoms with van der Waals surface area (Å²) in [6.45, 7) is 5.66. The smallest absolute Gasteiger partial charge is 0.326 e. The van der Waals surface area contributed by atoms with Gasteiger partial charge in [0.2, 0.25) is 11.8 Å². The maximum atomic E-state index is 11.2. The molecule has 0 saturated carbocycles. The number of carbonyl (C=O) groups excluding carboxylic acids is 2. The van der Waals surface area contributed by atoms with Crippen molar-refractivity contribution in [3.05, 3.63) is 0 Å². The summed E-state index contributed by atoms with van der Waals surface area (Å²) in [5.74, 6) is -4.19. The number of hydrogen-bond donors (Lipinski definition) is 6. The molecular weight excluding hydrogens is 376 g/mol. The predicted molar refractivity (Wildman–Crippen MR) is 100 cm³/mol. The highest BCUT2D eigenvalue weighted by atomic mass is 16.4. The average molecular weight is 408 g/mol.